The summed E-state index contributed by atoms with van der Waals surface area (Å²) in [5.74, 6) is -0.885. The Morgan fingerprint density at radius 3 is 2.19 bits per heavy atom. The fourth-order valence-corrected chi connectivity index (χ4v) is 3.43. The first-order chi connectivity index (χ1) is 15.3. The third-order valence-corrected chi connectivity index (χ3v) is 5.24. The smallest absolute Gasteiger partial charge is 0.325 e. The zero-order valence-corrected chi connectivity index (χ0v) is 17.5. The van der Waals surface area contributed by atoms with E-state index in [9.17, 15) is 22.8 Å². The van der Waals surface area contributed by atoms with Gasteiger partial charge in [0.05, 0.1) is 17.0 Å². The number of rotatable bonds is 7. The van der Waals surface area contributed by atoms with E-state index < -0.39 is 17.6 Å². The predicted octanol–water partition coefficient (Wildman–Crippen LogP) is 6.09. The maximum atomic E-state index is 13.0. The predicted molar refractivity (Wildman–Crippen MR) is 121 cm³/mol. The quantitative estimate of drug-likeness (QED) is 0.334. The standard InChI is InChI=1S/C24H19F3N2O2S/c25-24(26,27)20-8-4-5-9-21(20)29-23(31)16-32-19-13-11-18(12-14-19)28-22(30)15-10-17-6-2-1-3-7-17/h1-15H,16H2,(H,28,30)(H,29,31)/b15-10+. The van der Waals surface area contributed by atoms with Crippen molar-refractivity contribution in [1.29, 1.82) is 0 Å². The fraction of sp³-hybridized carbons (Fsp3) is 0.0833. The van der Waals surface area contributed by atoms with E-state index in [2.05, 4.69) is 10.6 Å². The highest BCUT2D eigenvalue weighted by Crippen LogP contribution is 2.34. The average molecular weight is 456 g/mol. The van der Waals surface area contributed by atoms with Gasteiger partial charge >= 0.3 is 6.18 Å². The van der Waals surface area contributed by atoms with E-state index in [4.69, 9.17) is 0 Å². The van der Waals surface area contributed by atoms with E-state index in [1.54, 1.807) is 30.3 Å². The van der Waals surface area contributed by atoms with Crippen molar-refractivity contribution in [3.63, 3.8) is 0 Å². The molecule has 0 spiro atoms. The van der Waals surface area contributed by atoms with Gasteiger partial charge in [-0.2, -0.15) is 13.2 Å². The molecule has 0 saturated heterocycles. The van der Waals surface area contributed by atoms with Crippen LogP contribution < -0.4 is 10.6 Å². The second-order valence-corrected chi connectivity index (χ2v) is 7.69. The summed E-state index contributed by atoms with van der Waals surface area (Å²) in [6, 6.07) is 21.1. The molecule has 0 aliphatic heterocycles. The van der Waals surface area contributed by atoms with Gasteiger partial charge < -0.3 is 10.6 Å². The van der Waals surface area contributed by atoms with Crippen molar-refractivity contribution in [3.05, 3.63) is 96.1 Å². The lowest BCUT2D eigenvalue weighted by Gasteiger charge is -2.13. The summed E-state index contributed by atoms with van der Waals surface area (Å²) in [7, 11) is 0. The summed E-state index contributed by atoms with van der Waals surface area (Å²) >= 11 is 1.18. The van der Waals surface area contributed by atoms with E-state index in [1.165, 1.54) is 36.0 Å². The number of anilines is 2. The minimum atomic E-state index is -4.55. The molecule has 3 rings (SSSR count). The van der Waals surface area contributed by atoms with Crippen LogP contribution in [0.2, 0.25) is 0 Å². The van der Waals surface area contributed by atoms with Crippen LogP contribution in [0.1, 0.15) is 11.1 Å². The number of amides is 2. The molecule has 0 fully saturated rings. The first-order valence-corrected chi connectivity index (χ1v) is 10.5. The maximum Gasteiger partial charge on any atom is 0.418 e. The third kappa shape index (κ3) is 7.02. The first kappa shape index (κ1) is 23.1. The molecule has 0 bridgehead atoms. The van der Waals surface area contributed by atoms with Gasteiger partial charge in [0.1, 0.15) is 0 Å². The lowest BCUT2D eigenvalue weighted by atomic mass is 10.1. The molecule has 0 atom stereocenters. The molecule has 164 valence electrons. The highest BCUT2D eigenvalue weighted by atomic mass is 32.2. The Labute approximate surface area is 187 Å². The Morgan fingerprint density at radius 1 is 0.844 bits per heavy atom. The topological polar surface area (TPSA) is 58.2 Å². The normalized spacial score (nSPS) is 11.3. The zero-order valence-electron chi connectivity index (χ0n) is 16.7. The monoisotopic (exact) mass is 456 g/mol. The number of thioether (sulfide) groups is 1. The Morgan fingerprint density at radius 2 is 1.50 bits per heavy atom. The molecule has 0 saturated carbocycles. The van der Waals surface area contributed by atoms with Crippen LogP contribution in [0.3, 0.4) is 0 Å². The van der Waals surface area contributed by atoms with Crippen LogP contribution in [0.5, 0.6) is 0 Å². The van der Waals surface area contributed by atoms with Crippen molar-refractivity contribution in [3.8, 4) is 0 Å². The number of nitrogens with one attached hydrogen (secondary N) is 2. The summed E-state index contributed by atoms with van der Waals surface area (Å²) in [5, 5.41) is 5.04. The summed E-state index contributed by atoms with van der Waals surface area (Å²) in [6.07, 6.45) is -1.41. The van der Waals surface area contributed by atoms with Gasteiger partial charge in [0.2, 0.25) is 11.8 Å². The van der Waals surface area contributed by atoms with Crippen molar-refractivity contribution >= 4 is 41.0 Å². The summed E-state index contributed by atoms with van der Waals surface area (Å²) in [4.78, 5) is 24.9. The fourth-order valence-electron chi connectivity index (χ4n) is 2.73. The summed E-state index contributed by atoms with van der Waals surface area (Å²) < 4.78 is 39.1. The molecular weight excluding hydrogens is 437 g/mol. The van der Waals surface area contributed by atoms with Gasteiger partial charge in [-0.3, -0.25) is 9.59 Å². The highest BCUT2D eigenvalue weighted by molar-refractivity contribution is 8.00. The van der Waals surface area contributed by atoms with E-state index >= 15 is 0 Å². The molecule has 4 nitrogen and oxygen atoms in total. The van der Waals surface area contributed by atoms with Gasteiger partial charge in [-0.05, 0) is 48.0 Å². The molecular formula is C24H19F3N2O2S. The van der Waals surface area contributed by atoms with E-state index in [-0.39, 0.29) is 17.3 Å². The molecule has 32 heavy (non-hydrogen) atoms. The summed E-state index contributed by atoms with van der Waals surface area (Å²) in [6.45, 7) is 0. The first-order valence-electron chi connectivity index (χ1n) is 9.54. The van der Waals surface area contributed by atoms with Crippen LogP contribution in [-0.4, -0.2) is 17.6 Å². The number of carbonyl (C=O) groups is 2. The lowest BCUT2D eigenvalue weighted by molar-refractivity contribution is -0.137. The minimum absolute atomic E-state index is 0.0578. The lowest BCUT2D eigenvalue weighted by Crippen LogP contribution is -2.18. The molecule has 3 aromatic rings. The molecule has 0 unspecified atom stereocenters. The van der Waals surface area contributed by atoms with Crippen molar-refractivity contribution in [2.45, 2.75) is 11.1 Å². The molecule has 0 heterocycles. The molecule has 8 heteroatoms. The van der Waals surface area contributed by atoms with Crippen LogP contribution in [0, 0.1) is 0 Å². The van der Waals surface area contributed by atoms with Gasteiger partial charge in [-0.15, -0.1) is 11.8 Å². The summed E-state index contributed by atoms with van der Waals surface area (Å²) in [5.41, 5.74) is 0.332. The van der Waals surface area contributed by atoms with Crippen LogP contribution in [0.4, 0.5) is 24.5 Å². The number of para-hydroxylation sites is 1. The van der Waals surface area contributed by atoms with E-state index in [0.29, 0.717) is 5.69 Å². The number of alkyl halides is 3. The molecule has 0 aliphatic carbocycles. The number of benzene rings is 3. The second kappa shape index (κ2) is 10.7. The molecule has 0 aromatic heterocycles. The third-order valence-electron chi connectivity index (χ3n) is 4.23. The largest absolute Gasteiger partial charge is 0.418 e. The Hall–Kier alpha value is -3.52. The van der Waals surface area contributed by atoms with Crippen molar-refractivity contribution in [1.82, 2.24) is 0 Å². The number of hydrogen-bond acceptors (Lipinski definition) is 3. The van der Waals surface area contributed by atoms with E-state index in [1.807, 2.05) is 30.3 Å². The second-order valence-electron chi connectivity index (χ2n) is 6.64. The number of carbonyl (C=O) groups excluding carboxylic acids is 2. The Kier molecular flexibility index (Phi) is 7.72. The number of halogens is 3. The molecule has 2 N–H and O–H groups in total. The molecule has 0 aliphatic rings. The average Bonchev–Trinajstić information content (AvgIpc) is 2.77. The molecule has 3 aromatic carbocycles. The van der Waals surface area contributed by atoms with Gasteiger partial charge in [0.15, 0.2) is 0 Å². The SMILES string of the molecule is O=C(/C=C/c1ccccc1)Nc1ccc(SCC(=O)Nc2ccccc2C(F)(F)F)cc1. The van der Waals surface area contributed by atoms with Crippen LogP contribution >= 0.6 is 11.8 Å². The number of hydrogen-bond donors (Lipinski definition) is 2. The van der Waals surface area contributed by atoms with Crippen LogP contribution in [0.25, 0.3) is 6.08 Å². The van der Waals surface area contributed by atoms with Gasteiger partial charge in [0.25, 0.3) is 0 Å². The molecule has 0 radical (unpaired) electrons. The van der Waals surface area contributed by atoms with Crippen molar-refractivity contribution < 1.29 is 22.8 Å². The van der Waals surface area contributed by atoms with Gasteiger partial charge in [-0.1, -0.05) is 42.5 Å². The Balaban J connectivity index is 1.50. The van der Waals surface area contributed by atoms with Gasteiger partial charge in [-0.25, -0.2) is 0 Å². The molecule has 2 amide bonds. The van der Waals surface area contributed by atoms with E-state index in [0.717, 1.165) is 16.5 Å². The maximum absolute atomic E-state index is 13.0. The van der Waals surface area contributed by atoms with Crippen LogP contribution in [0.15, 0.2) is 89.8 Å². The zero-order chi connectivity index (χ0) is 23.0. The highest BCUT2D eigenvalue weighted by Gasteiger charge is 2.33. The van der Waals surface area contributed by atoms with Crippen molar-refractivity contribution in [2.75, 3.05) is 16.4 Å². The Bertz CT molecular complexity index is 1100. The van der Waals surface area contributed by atoms with Crippen LogP contribution in [-0.2, 0) is 15.8 Å². The van der Waals surface area contributed by atoms with Gasteiger partial charge in [0, 0.05) is 16.7 Å². The minimum Gasteiger partial charge on any atom is -0.325 e. The van der Waals surface area contributed by atoms with Crippen molar-refractivity contribution in [2.24, 2.45) is 0 Å².